The van der Waals surface area contributed by atoms with E-state index in [-0.39, 0.29) is 6.10 Å². The molecule has 0 aliphatic carbocycles. The van der Waals surface area contributed by atoms with Crippen LogP contribution in [-0.2, 0) is 16.1 Å². The summed E-state index contributed by atoms with van der Waals surface area (Å²) >= 11 is 0. The molecule has 0 radical (unpaired) electrons. The first kappa shape index (κ1) is 14.2. The van der Waals surface area contributed by atoms with E-state index in [9.17, 15) is 0 Å². The van der Waals surface area contributed by atoms with Gasteiger partial charge in [0.15, 0.2) is 0 Å². The Bertz CT molecular complexity index is 290. The number of nitrogens with one attached hydrogen (secondary N) is 1. The van der Waals surface area contributed by atoms with Crippen LogP contribution in [0.5, 0.6) is 0 Å². The molecule has 3 heteroatoms. The minimum Gasteiger partial charge on any atom is -0.380 e. The Morgan fingerprint density at radius 2 is 1.88 bits per heavy atom. The van der Waals surface area contributed by atoms with Gasteiger partial charge in [0.2, 0.25) is 0 Å². The van der Waals surface area contributed by atoms with E-state index in [2.05, 4.69) is 24.4 Å². The van der Waals surface area contributed by atoms with Gasteiger partial charge < -0.3 is 14.8 Å². The molecule has 0 aromatic heterocycles. The standard InChI is InChI=1S/C14H23NO2/c1-12(15-9-13(2)16-3)10-17-11-14-7-5-4-6-8-14/h4-8,12-13,15H,9-11H2,1-3H3. The van der Waals surface area contributed by atoms with Gasteiger partial charge >= 0.3 is 0 Å². The summed E-state index contributed by atoms with van der Waals surface area (Å²) in [5.74, 6) is 0. The second-order valence-corrected chi connectivity index (χ2v) is 4.36. The Hall–Kier alpha value is -0.900. The van der Waals surface area contributed by atoms with E-state index < -0.39 is 0 Å². The fourth-order valence-electron chi connectivity index (χ4n) is 1.44. The minimum absolute atomic E-state index is 0.242. The number of rotatable bonds is 8. The molecular formula is C14H23NO2. The lowest BCUT2D eigenvalue weighted by Crippen LogP contribution is -2.36. The van der Waals surface area contributed by atoms with E-state index in [1.165, 1.54) is 5.56 Å². The molecule has 0 spiro atoms. The number of benzene rings is 1. The molecule has 0 saturated carbocycles. The third kappa shape index (κ3) is 6.41. The van der Waals surface area contributed by atoms with Crippen molar-refractivity contribution in [3.63, 3.8) is 0 Å². The van der Waals surface area contributed by atoms with E-state index in [0.717, 1.165) is 6.54 Å². The maximum Gasteiger partial charge on any atom is 0.0717 e. The fraction of sp³-hybridized carbons (Fsp3) is 0.571. The summed E-state index contributed by atoms with van der Waals surface area (Å²) in [4.78, 5) is 0. The average molecular weight is 237 g/mol. The Morgan fingerprint density at radius 1 is 1.18 bits per heavy atom. The van der Waals surface area contributed by atoms with Gasteiger partial charge in [0.05, 0.1) is 19.3 Å². The normalized spacial score (nSPS) is 14.5. The zero-order chi connectivity index (χ0) is 12.5. The molecule has 0 heterocycles. The quantitative estimate of drug-likeness (QED) is 0.752. The molecule has 2 atom stereocenters. The van der Waals surface area contributed by atoms with Crippen LogP contribution in [0.15, 0.2) is 30.3 Å². The summed E-state index contributed by atoms with van der Waals surface area (Å²) in [7, 11) is 1.73. The summed E-state index contributed by atoms with van der Waals surface area (Å²) < 4.78 is 10.8. The van der Waals surface area contributed by atoms with Crippen molar-refractivity contribution in [2.45, 2.75) is 32.6 Å². The first-order valence-electron chi connectivity index (χ1n) is 6.10. The van der Waals surface area contributed by atoms with Gasteiger partial charge in [-0.3, -0.25) is 0 Å². The SMILES string of the molecule is COC(C)CNC(C)COCc1ccccc1. The van der Waals surface area contributed by atoms with Gasteiger partial charge in [0.25, 0.3) is 0 Å². The van der Waals surface area contributed by atoms with E-state index in [4.69, 9.17) is 9.47 Å². The predicted octanol–water partition coefficient (Wildman–Crippen LogP) is 2.22. The smallest absolute Gasteiger partial charge is 0.0717 e. The molecule has 0 aliphatic rings. The van der Waals surface area contributed by atoms with Gasteiger partial charge in [-0.15, -0.1) is 0 Å². The van der Waals surface area contributed by atoms with Gasteiger partial charge in [0, 0.05) is 19.7 Å². The molecule has 0 fully saturated rings. The molecular weight excluding hydrogens is 214 g/mol. The van der Waals surface area contributed by atoms with Crippen LogP contribution in [-0.4, -0.2) is 32.4 Å². The van der Waals surface area contributed by atoms with Crippen LogP contribution in [0.2, 0.25) is 0 Å². The molecule has 0 amide bonds. The van der Waals surface area contributed by atoms with Gasteiger partial charge in [-0.1, -0.05) is 30.3 Å². The van der Waals surface area contributed by atoms with Crippen LogP contribution in [0, 0.1) is 0 Å². The molecule has 1 N–H and O–H groups in total. The number of methoxy groups -OCH3 is 1. The third-order valence-electron chi connectivity index (χ3n) is 2.64. The monoisotopic (exact) mass is 237 g/mol. The third-order valence-corrected chi connectivity index (χ3v) is 2.64. The summed E-state index contributed by atoms with van der Waals surface area (Å²) in [5.41, 5.74) is 1.21. The summed E-state index contributed by atoms with van der Waals surface area (Å²) in [5, 5.41) is 3.37. The Balaban J connectivity index is 2.10. The van der Waals surface area contributed by atoms with Crippen molar-refractivity contribution in [3.8, 4) is 0 Å². The topological polar surface area (TPSA) is 30.5 Å². The van der Waals surface area contributed by atoms with Crippen molar-refractivity contribution in [3.05, 3.63) is 35.9 Å². The highest BCUT2D eigenvalue weighted by Crippen LogP contribution is 2.00. The van der Waals surface area contributed by atoms with Crippen LogP contribution >= 0.6 is 0 Å². The maximum absolute atomic E-state index is 5.64. The van der Waals surface area contributed by atoms with Crippen molar-refractivity contribution in [1.29, 1.82) is 0 Å². The molecule has 1 rings (SSSR count). The largest absolute Gasteiger partial charge is 0.380 e. The van der Waals surface area contributed by atoms with E-state index >= 15 is 0 Å². The average Bonchev–Trinajstić information content (AvgIpc) is 2.37. The van der Waals surface area contributed by atoms with Crippen molar-refractivity contribution in [2.24, 2.45) is 0 Å². The van der Waals surface area contributed by atoms with Gasteiger partial charge in [-0.25, -0.2) is 0 Å². The molecule has 1 aromatic rings. The molecule has 0 aliphatic heterocycles. The van der Waals surface area contributed by atoms with Crippen molar-refractivity contribution >= 4 is 0 Å². The first-order valence-corrected chi connectivity index (χ1v) is 6.10. The van der Waals surface area contributed by atoms with Crippen molar-refractivity contribution in [2.75, 3.05) is 20.3 Å². The Labute approximate surface area is 104 Å². The van der Waals surface area contributed by atoms with Crippen molar-refractivity contribution < 1.29 is 9.47 Å². The lowest BCUT2D eigenvalue weighted by Gasteiger charge is -2.17. The molecule has 2 unspecified atom stereocenters. The highest BCUT2D eigenvalue weighted by atomic mass is 16.5. The summed E-state index contributed by atoms with van der Waals surface area (Å²) in [6.07, 6.45) is 0.242. The van der Waals surface area contributed by atoms with Crippen LogP contribution in [0.25, 0.3) is 0 Å². The van der Waals surface area contributed by atoms with Gasteiger partial charge in [0.1, 0.15) is 0 Å². The Morgan fingerprint density at radius 3 is 2.53 bits per heavy atom. The first-order chi connectivity index (χ1) is 8.22. The molecule has 1 aromatic carbocycles. The highest BCUT2D eigenvalue weighted by Gasteiger charge is 2.04. The molecule has 3 nitrogen and oxygen atoms in total. The molecule has 17 heavy (non-hydrogen) atoms. The highest BCUT2D eigenvalue weighted by molar-refractivity contribution is 5.13. The number of hydrogen-bond acceptors (Lipinski definition) is 3. The van der Waals surface area contributed by atoms with Gasteiger partial charge in [-0.05, 0) is 19.4 Å². The second kappa shape index (κ2) is 8.23. The van der Waals surface area contributed by atoms with E-state index in [0.29, 0.717) is 19.3 Å². The lowest BCUT2D eigenvalue weighted by molar-refractivity contribution is 0.0863. The zero-order valence-electron chi connectivity index (χ0n) is 11.0. The predicted molar refractivity (Wildman–Crippen MR) is 70.0 cm³/mol. The molecule has 96 valence electrons. The van der Waals surface area contributed by atoms with Crippen LogP contribution in [0.1, 0.15) is 19.4 Å². The lowest BCUT2D eigenvalue weighted by atomic mass is 10.2. The second-order valence-electron chi connectivity index (χ2n) is 4.36. The van der Waals surface area contributed by atoms with Crippen molar-refractivity contribution in [1.82, 2.24) is 5.32 Å². The van der Waals surface area contributed by atoms with E-state index in [1.54, 1.807) is 7.11 Å². The van der Waals surface area contributed by atoms with E-state index in [1.807, 2.05) is 25.1 Å². The Kier molecular flexibility index (Phi) is 6.86. The fourth-order valence-corrected chi connectivity index (χ4v) is 1.44. The van der Waals surface area contributed by atoms with Gasteiger partial charge in [-0.2, -0.15) is 0 Å². The van der Waals surface area contributed by atoms with Crippen LogP contribution in [0.4, 0.5) is 0 Å². The van der Waals surface area contributed by atoms with Crippen LogP contribution in [0.3, 0.4) is 0 Å². The minimum atomic E-state index is 0.242. The zero-order valence-corrected chi connectivity index (χ0v) is 11.0. The number of hydrogen-bond donors (Lipinski definition) is 1. The van der Waals surface area contributed by atoms with Crippen LogP contribution < -0.4 is 5.32 Å². The number of ether oxygens (including phenoxy) is 2. The molecule has 0 saturated heterocycles. The summed E-state index contributed by atoms with van der Waals surface area (Å²) in [6.45, 7) is 6.41. The maximum atomic E-state index is 5.64. The summed E-state index contributed by atoms with van der Waals surface area (Å²) in [6, 6.07) is 10.6. The molecule has 0 bridgehead atoms.